The van der Waals surface area contributed by atoms with E-state index in [2.05, 4.69) is 29.8 Å². The van der Waals surface area contributed by atoms with Gasteiger partial charge in [-0.25, -0.2) is 0 Å². The summed E-state index contributed by atoms with van der Waals surface area (Å²) < 4.78 is 0. The molecule has 0 N–H and O–H groups in total. The van der Waals surface area contributed by atoms with Crippen LogP contribution in [0.1, 0.15) is 155 Å². The Morgan fingerprint density at radius 2 is 0.667 bits per heavy atom. The minimum Gasteiger partial charge on any atom is -0.0925 e. The van der Waals surface area contributed by atoms with E-state index in [9.17, 15) is 0 Å². The molecule has 0 fully saturated rings. The highest BCUT2D eigenvalue weighted by Gasteiger charge is 2.06. The van der Waals surface area contributed by atoms with Crippen molar-refractivity contribution in [3.8, 4) is 0 Å². The van der Waals surface area contributed by atoms with Crippen LogP contribution in [-0.4, -0.2) is 5.33 Å². The fraction of sp³-hybridized carbons (Fsp3) is 1.00. The van der Waals surface area contributed by atoms with Gasteiger partial charge in [0.15, 0.2) is 0 Å². The average Bonchev–Trinajstić information content (AvgIpc) is 2.69. The molecule has 1 heteroatoms. The lowest BCUT2D eigenvalue weighted by atomic mass is 9.95. The first-order chi connectivity index (χ1) is 13.3. The largest absolute Gasteiger partial charge is 0.0925 e. The number of rotatable bonds is 23. The molecule has 0 aromatic heterocycles. The molecule has 0 heterocycles. The second-order valence-corrected chi connectivity index (χ2v) is 9.61. The van der Waals surface area contributed by atoms with Gasteiger partial charge in [0.05, 0.1) is 0 Å². The van der Waals surface area contributed by atoms with E-state index in [0.717, 1.165) is 5.92 Å². The zero-order valence-electron chi connectivity index (χ0n) is 19.2. The van der Waals surface area contributed by atoms with Gasteiger partial charge in [-0.15, -0.1) is 0 Å². The van der Waals surface area contributed by atoms with Gasteiger partial charge in [-0.05, 0) is 18.8 Å². The lowest BCUT2D eigenvalue weighted by Gasteiger charge is -2.13. The second kappa shape index (κ2) is 24.5. The highest BCUT2D eigenvalue weighted by molar-refractivity contribution is 9.09. The summed E-state index contributed by atoms with van der Waals surface area (Å²) in [5, 5.41) is 1.22. The zero-order valence-corrected chi connectivity index (χ0v) is 20.8. The molecule has 0 aliphatic carbocycles. The molecule has 0 bridgehead atoms. The summed E-state index contributed by atoms with van der Waals surface area (Å²) in [5.41, 5.74) is 0. The molecule has 0 unspecified atom stereocenters. The minimum absolute atomic E-state index is 0.938. The fourth-order valence-corrected chi connectivity index (χ4v) is 4.79. The van der Waals surface area contributed by atoms with E-state index < -0.39 is 0 Å². The molecule has 0 saturated carbocycles. The summed E-state index contributed by atoms with van der Waals surface area (Å²) in [5.74, 6) is 0.938. The Bertz CT molecular complexity index is 227. The second-order valence-electron chi connectivity index (χ2n) is 8.96. The van der Waals surface area contributed by atoms with Crippen LogP contribution in [0.2, 0.25) is 0 Å². The Labute approximate surface area is 182 Å². The van der Waals surface area contributed by atoms with Gasteiger partial charge in [0, 0.05) is 5.33 Å². The van der Waals surface area contributed by atoms with Crippen LogP contribution in [0.15, 0.2) is 0 Å². The topological polar surface area (TPSA) is 0 Å². The molecule has 0 aliphatic heterocycles. The first kappa shape index (κ1) is 27.5. The third-order valence-corrected chi connectivity index (χ3v) is 7.07. The molecule has 0 radical (unpaired) electrons. The van der Waals surface area contributed by atoms with E-state index in [1.165, 1.54) is 147 Å². The van der Waals surface area contributed by atoms with E-state index >= 15 is 0 Å². The van der Waals surface area contributed by atoms with Crippen LogP contribution in [0.4, 0.5) is 0 Å². The zero-order chi connectivity index (χ0) is 19.8. The van der Waals surface area contributed by atoms with Crippen molar-refractivity contribution in [3.63, 3.8) is 0 Å². The number of unbranched alkanes of at least 4 members (excludes halogenated alkanes) is 18. The third-order valence-electron chi connectivity index (χ3n) is 6.15. The Kier molecular flexibility index (Phi) is 25.0. The standard InChI is InChI=1S/C26H53Br/c1-3-5-7-9-11-13-15-17-19-21-23-26(25-27)24-22-20-18-16-14-12-10-8-6-4-2/h26H,3-25H2,1-2H3. The van der Waals surface area contributed by atoms with Crippen molar-refractivity contribution in [2.45, 2.75) is 155 Å². The maximum Gasteiger partial charge on any atom is 0.00596 e. The van der Waals surface area contributed by atoms with Crippen LogP contribution in [-0.2, 0) is 0 Å². The van der Waals surface area contributed by atoms with Crippen molar-refractivity contribution < 1.29 is 0 Å². The first-order valence-electron chi connectivity index (χ1n) is 12.9. The summed E-state index contributed by atoms with van der Waals surface area (Å²) in [6, 6.07) is 0. The van der Waals surface area contributed by atoms with Gasteiger partial charge < -0.3 is 0 Å². The molecular formula is C26H53Br. The Morgan fingerprint density at radius 3 is 0.926 bits per heavy atom. The maximum absolute atomic E-state index is 3.76. The Balaban J connectivity index is 3.28. The molecule has 0 aromatic rings. The smallest absolute Gasteiger partial charge is 0.00596 e. The van der Waals surface area contributed by atoms with Crippen molar-refractivity contribution in [1.29, 1.82) is 0 Å². The monoisotopic (exact) mass is 444 g/mol. The molecule has 0 aliphatic rings. The summed E-state index contributed by atoms with van der Waals surface area (Å²) in [6.07, 6.45) is 32.1. The maximum atomic E-state index is 3.76. The van der Waals surface area contributed by atoms with Gasteiger partial charge in [-0.1, -0.05) is 158 Å². The summed E-state index contributed by atoms with van der Waals surface area (Å²) in [4.78, 5) is 0. The summed E-state index contributed by atoms with van der Waals surface area (Å²) in [7, 11) is 0. The number of hydrogen-bond acceptors (Lipinski definition) is 0. The van der Waals surface area contributed by atoms with Crippen LogP contribution < -0.4 is 0 Å². The van der Waals surface area contributed by atoms with Crippen LogP contribution in [0.5, 0.6) is 0 Å². The SMILES string of the molecule is CCCCCCCCCCCCC(CBr)CCCCCCCCCCCC. The average molecular weight is 446 g/mol. The lowest BCUT2D eigenvalue weighted by Crippen LogP contribution is -2.02. The summed E-state index contributed by atoms with van der Waals surface area (Å²) >= 11 is 3.76. The molecule has 0 amide bonds. The van der Waals surface area contributed by atoms with Gasteiger partial charge in [0.25, 0.3) is 0 Å². The molecule has 0 rings (SSSR count). The molecular weight excluding hydrogens is 392 g/mol. The van der Waals surface area contributed by atoms with Crippen LogP contribution in [0, 0.1) is 5.92 Å². The predicted molar refractivity (Wildman–Crippen MR) is 130 cm³/mol. The number of hydrogen-bond donors (Lipinski definition) is 0. The van der Waals surface area contributed by atoms with E-state index in [0.29, 0.717) is 0 Å². The normalized spacial score (nSPS) is 11.6. The van der Waals surface area contributed by atoms with Crippen molar-refractivity contribution in [1.82, 2.24) is 0 Å². The van der Waals surface area contributed by atoms with Gasteiger partial charge in [-0.2, -0.15) is 0 Å². The first-order valence-corrected chi connectivity index (χ1v) is 14.0. The van der Waals surface area contributed by atoms with E-state index in [-0.39, 0.29) is 0 Å². The van der Waals surface area contributed by atoms with Gasteiger partial charge in [0.2, 0.25) is 0 Å². The van der Waals surface area contributed by atoms with Gasteiger partial charge in [0.1, 0.15) is 0 Å². The van der Waals surface area contributed by atoms with Crippen molar-refractivity contribution >= 4 is 15.9 Å². The van der Waals surface area contributed by atoms with Crippen molar-refractivity contribution in [2.75, 3.05) is 5.33 Å². The molecule has 0 spiro atoms. The van der Waals surface area contributed by atoms with E-state index in [4.69, 9.17) is 0 Å². The van der Waals surface area contributed by atoms with Crippen molar-refractivity contribution in [3.05, 3.63) is 0 Å². The van der Waals surface area contributed by atoms with Gasteiger partial charge in [-0.3, -0.25) is 0 Å². The molecule has 0 atom stereocenters. The lowest BCUT2D eigenvalue weighted by molar-refractivity contribution is 0.437. The minimum atomic E-state index is 0.938. The van der Waals surface area contributed by atoms with E-state index in [1.807, 2.05) is 0 Å². The summed E-state index contributed by atoms with van der Waals surface area (Å²) in [6.45, 7) is 4.60. The molecule has 0 nitrogen and oxygen atoms in total. The molecule has 27 heavy (non-hydrogen) atoms. The highest BCUT2D eigenvalue weighted by atomic mass is 79.9. The molecule has 164 valence electrons. The predicted octanol–water partition coefficient (Wildman–Crippen LogP) is 10.6. The van der Waals surface area contributed by atoms with E-state index in [1.54, 1.807) is 0 Å². The van der Waals surface area contributed by atoms with Crippen molar-refractivity contribution in [2.24, 2.45) is 5.92 Å². The van der Waals surface area contributed by atoms with Crippen LogP contribution in [0.3, 0.4) is 0 Å². The number of halogens is 1. The van der Waals surface area contributed by atoms with Crippen LogP contribution in [0.25, 0.3) is 0 Å². The van der Waals surface area contributed by atoms with Gasteiger partial charge >= 0.3 is 0 Å². The Hall–Kier alpha value is 0.480. The molecule has 0 saturated heterocycles. The number of alkyl halides is 1. The Morgan fingerprint density at radius 1 is 0.407 bits per heavy atom. The fourth-order valence-electron chi connectivity index (χ4n) is 4.14. The molecule has 0 aromatic carbocycles. The quantitative estimate of drug-likeness (QED) is 0.108. The third kappa shape index (κ3) is 22.6. The van der Waals surface area contributed by atoms with Crippen LogP contribution >= 0.6 is 15.9 Å². The highest BCUT2D eigenvalue weighted by Crippen LogP contribution is 2.21.